The fourth-order valence-electron chi connectivity index (χ4n) is 4.71. The van der Waals surface area contributed by atoms with Gasteiger partial charge in [-0.3, -0.25) is 0 Å². The summed E-state index contributed by atoms with van der Waals surface area (Å²) in [7, 11) is 3.45. The zero-order chi connectivity index (χ0) is 22.9. The number of fused-ring (bicyclic) bond motifs is 1. The second-order valence-electron chi connectivity index (χ2n) is 8.56. The lowest BCUT2D eigenvalue weighted by atomic mass is 9.88. The van der Waals surface area contributed by atoms with Gasteiger partial charge in [0.05, 0.1) is 18.4 Å². The van der Waals surface area contributed by atoms with Crippen LogP contribution in [0.3, 0.4) is 0 Å². The molecular weight excluding hydrogens is 415 g/mol. The summed E-state index contributed by atoms with van der Waals surface area (Å²) in [6, 6.07) is 10.0. The zero-order valence-corrected chi connectivity index (χ0v) is 18.8. The van der Waals surface area contributed by atoms with Crippen LogP contribution in [0.25, 0.3) is 22.2 Å². The van der Waals surface area contributed by atoms with Gasteiger partial charge in [0.2, 0.25) is 0 Å². The van der Waals surface area contributed by atoms with E-state index in [2.05, 4.69) is 33.4 Å². The third-order valence-corrected chi connectivity index (χ3v) is 6.62. The van der Waals surface area contributed by atoms with Crippen LogP contribution in [0, 0.1) is 6.92 Å². The minimum absolute atomic E-state index is 0.418. The van der Waals surface area contributed by atoms with Gasteiger partial charge in [0, 0.05) is 29.6 Å². The summed E-state index contributed by atoms with van der Waals surface area (Å²) in [5.41, 5.74) is 3.57. The molecule has 0 spiro atoms. The number of ether oxygens (including phenoxy) is 1. The highest BCUT2D eigenvalue weighted by molar-refractivity contribution is 5.92. The van der Waals surface area contributed by atoms with Crippen LogP contribution in [0.2, 0.25) is 0 Å². The summed E-state index contributed by atoms with van der Waals surface area (Å²) < 4.78 is 45.3. The molecular formula is C25H30F3N3O. The fraction of sp³-hybridized carbons (Fsp3) is 0.440. The minimum atomic E-state index is -4.41. The molecule has 172 valence electrons. The van der Waals surface area contributed by atoms with Gasteiger partial charge in [-0.05, 0) is 87.3 Å². The molecule has 4 rings (SSSR count). The number of nitrogens with one attached hydrogen (secondary N) is 2. The minimum Gasteiger partial charge on any atom is -0.496 e. The molecule has 3 aromatic rings. The van der Waals surface area contributed by atoms with Crippen molar-refractivity contribution in [2.75, 3.05) is 40.3 Å². The smallest absolute Gasteiger partial charge is 0.416 e. The maximum absolute atomic E-state index is 13.3. The number of halogens is 3. The van der Waals surface area contributed by atoms with Gasteiger partial charge >= 0.3 is 6.18 Å². The molecule has 2 N–H and O–H groups in total. The van der Waals surface area contributed by atoms with E-state index >= 15 is 0 Å². The second-order valence-corrected chi connectivity index (χ2v) is 8.56. The Labute approximate surface area is 186 Å². The fourth-order valence-corrected chi connectivity index (χ4v) is 4.71. The van der Waals surface area contributed by atoms with E-state index in [0.717, 1.165) is 61.6 Å². The maximum Gasteiger partial charge on any atom is 0.416 e. The molecule has 7 heteroatoms. The van der Waals surface area contributed by atoms with E-state index in [4.69, 9.17) is 4.74 Å². The first-order valence-corrected chi connectivity index (χ1v) is 11.1. The van der Waals surface area contributed by atoms with E-state index in [9.17, 15) is 13.2 Å². The summed E-state index contributed by atoms with van der Waals surface area (Å²) in [6.07, 6.45) is -2.17. The second kappa shape index (κ2) is 9.16. The van der Waals surface area contributed by atoms with Crippen molar-refractivity contribution in [1.29, 1.82) is 0 Å². The van der Waals surface area contributed by atoms with Gasteiger partial charge in [-0.2, -0.15) is 13.2 Å². The Morgan fingerprint density at radius 2 is 1.88 bits per heavy atom. The van der Waals surface area contributed by atoms with Gasteiger partial charge in [0.25, 0.3) is 0 Å². The van der Waals surface area contributed by atoms with Crippen molar-refractivity contribution >= 4 is 10.9 Å². The summed E-state index contributed by atoms with van der Waals surface area (Å²) in [5.74, 6) is 0.924. The Bertz CT molecular complexity index is 1080. The van der Waals surface area contributed by atoms with Crippen molar-refractivity contribution in [3.8, 4) is 17.0 Å². The van der Waals surface area contributed by atoms with Crippen molar-refractivity contribution in [1.82, 2.24) is 15.2 Å². The molecule has 1 fully saturated rings. The number of hydrogen-bond acceptors (Lipinski definition) is 3. The number of alkyl halides is 3. The number of hydrogen-bond donors (Lipinski definition) is 2. The van der Waals surface area contributed by atoms with Crippen LogP contribution in [-0.2, 0) is 6.18 Å². The average Bonchev–Trinajstić information content (AvgIpc) is 3.12. The lowest BCUT2D eigenvalue weighted by Gasteiger charge is -2.32. The molecule has 1 aliphatic heterocycles. The standard InChI is InChI=1S/C25H30F3N3O/c1-16-20-14-18(17-8-11-31(12-9-17)13-10-29-2)4-6-22(20)30-24(16)21-15-19(25(26,27)28)5-7-23(21)32-3/h4-7,14-15,17,29-30H,8-13H2,1-3H3. The Morgan fingerprint density at radius 3 is 2.53 bits per heavy atom. The molecule has 0 bridgehead atoms. The lowest BCUT2D eigenvalue weighted by molar-refractivity contribution is -0.137. The largest absolute Gasteiger partial charge is 0.496 e. The quantitative estimate of drug-likeness (QED) is 0.521. The molecule has 32 heavy (non-hydrogen) atoms. The van der Waals surface area contributed by atoms with Gasteiger partial charge < -0.3 is 19.9 Å². The molecule has 0 radical (unpaired) electrons. The number of H-pyrrole nitrogens is 1. The van der Waals surface area contributed by atoms with Gasteiger partial charge in [-0.25, -0.2) is 0 Å². The first-order valence-electron chi connectivity index (χ1n) is 11.1. The van der Waals surface area contributed by atoms with E-state index in [-0.39, 0.29) is 0 Å². The number of aryl methyl sites for hydroxylation is 1. The lowest BCUT2D eigenvalue weighted by Crippen LogP contribution is -2.37. The van der Waals surface area contributed by atoms with Crippen molar-refractivity contribution in [2.45, 2.75) is 31.9 Å². The van der Waals surface area contributed by atoms with E-state index in [0.29, 0.717) is 22.9 Å². The number of aromatic nitrogens is 1. The molecule has 4 nitrogen and oxygen atoms in total. The SMILES string of the molecule is CNCCN1CCC(c2ccc3[nH]c(-c4cc(C(F)(F)F)ccc4OC)c(C)c3c2)CC1. The van der Waals surface area contributed by atoms with Crippen molar-refractivity contribution in [3.63, 3.8) is 0 Å². The highest BCUT2D eigenvalue weighted by Gasteiger charge is 2.32. The average molecular weight is 446 g/mol. The van der Waals surface area contributed by atoms with Crippen LogP contribution >= 0.6 is 0 Å². The molecule has 1 aliphatic rings. The van der Waals surface area contributed by atoms with E-state index in [1.807, 2.05) is 14.0 Å². The normalized spacial score (nSPS) is 16.1. The monoisotopic (exact) mass is 445 g/mol. The molecule has 1 saturated heterocycles. The van der Waals surface area contributed by atoms with Crippen LogP contribution in [0.1, 0.15) is 35.4 Å². The summed E-state index contributed by atoms with van der Waals surface area (Å²) in [6.45, 7) is 6.20. The maximum atomic E-state index is 13.3. The van der Waals surface area contributed by atoms with Gasteiger partial charge in [-0.1, -0.05) is 6.07 Å². The first-order chi connectivity index (χ1) is 15.3. The van der Waals surface area contributed by atoms with Gasteiger partial charge in [-0.15, -0.1) is 0 Å². The molecule has 2 heterocycles. The highest BCUT2D eigenvalue weighted by atomic mass is 19.4. The van der Waals surface area contributed by atoms with E-state index in [1.165, 1.54) is 24.8 Å². The van der Waals surface area contributed by atoms with Crippen molar-refractivity contribution in [3.05, 3.63) is 53.1 Å². The number of piperidine rings is 1. The van der Waals surface area contributed by atoms with Crippen molar-refractivity contribution < 1.29 is 17.9 Å². The number of nitrogens with zero attached hydrogens (tertiary/aromatic N) is 1. The molecule has 0 amide bonds. The van der Waals surface area contributed by atoms with Crippen LogP contribution in [0.5, 0.6) is 5.75 Å². The number of aromatic amines is 1. The first kappa shape index (κ1) is 22.7. The Kier molecular flexibility index (Phi) is 6.49. The van der Waals surface area contributed by atoms with E-state index < -0.39 is 11.7 Å². The summed E-state index contributed by atoms with van der Waals surface area (Å²) in [5, 5.41) is 4.25. The van der Waals surface area contributed by atoms with Gasteiger partial charge in [0.1, 0.15) is 5.75 Å². The molecule has 0 atom stereocenters. The number of methoxy groups -OCH3 is 1. The third-order valence-electron chi connectivity index (χ3n) is 6.62. The molecule has 0 aliphatic carbocycles. The summed E-state index contributed by atoms with van der Waals surface area (Å²) >= 11 is 0. The highest BCUT2D eigenvalue weighted by Crippen LogP contribution is 2.40. The molecule has 0 saturated carbocycles. The third kappa shape index (κ3) is 4.50. The number of likely N-dealkylation sites (N-methyl/N-ethyl adjacent to an activating group) is 1. The van der Waals surface area contributed by atoms with E-state index in [1.54, 1.807) is 0 Å². The topological polar surface area (TPSA) is 40.3 Å². The van der Waals surface area contributed by atoms with Crippen LogP contribution < -0.4 is 10.1 Å². The van der Waals surface area contributed by atoms with Crippen LogP contribution in [0.4, 0.5) is 13.2 Å². The predicted octanol–water partition coefficient (Wildman–Crippen LogP) is 5.57. The Balaban J connectivity index is 1.65. The van der Waals surface area contributed by atoms with Crippen molar-refractivity contribution in [2.24, 2.45) is 0 Å². The molecule has 1 aromatic heterocycles. The summed E-state index contributed by atoms with van der Waals surface area (Å²) in [4.78, 5) is 5.82. The predicted molar refractivity (Wildman–Crippen MR) is 122 cm³/mol. The van der Waals surface area contributed by atoms with Gasteiger partial charge in [0.15, 0.2) is 0 Å². The van der Waals surface area contributed by atoms with Crippen LogP contribution in [-0.4, -0.2) is 50.2 Å². The Hall–Kier alpha value is -2.51. The Morgan fingerprint density at radius 1 is 1.12 bits per heavy atom. The number of rotatable bonds is 6. The number of likely N-dealkylation sites (tertiary alicyclic amines) is 1. The molecule has 0 unspecified atom stereocenters. The molecule has 2 aromatic carbocycles. The zero-order valence-electron chi connectivity index (χ0n) is 18.8. The number of benzene rings is 2. The van der Waals surface area contributed by atoms with Crippen LogP contribution in [0.15, 0.2) is 36.4 Å².